The summed E-state index contributed by atoms with van der Waals surface area (Å²) in [6.07, 6.45) is 7.85. The number of amides is 1. The number of carbonyl (C=O) groups is 1. The van der Waals surface area contributed by atoms with Gasteiger partial charge >= 0.3 is 0 Å². The standard InChI is InChI=1S/C13H26N2O/c1-3-7-11(14)13(16)15-12-9-6-5-8-10(12)4-2/h10-12H,3-9,14H2,1-2H3,(H,15,16)/t10?,11-,12?/m0/s1. The van der Waals surface area contributed by atoms with E-state index in [-0.39, 0.29) is 11.9 Å². The summed E-state index contributed by atoms with van der Waals surface area (Å²) in [6.45, 7) is 4.27. The number of hydrogen-bond acceptors (Lipinski definition) is 2. The molecule has 0 bridgehead atoms. The van der Waals surface area contributed by atoms with Crippen molar-refractivity contribution < 1.29 is 4.79 Å². The van der Waals surface area contributed by atoms with E-state index in [0.29, 0.717) is 12.0 Å². The van der Waals surface area contributed by atoms with Gasteiger partial charge in [-0.15, -0.1) is 0 Å². The minimum absolute atomic E-state index is 0.0483. The third kappa shape index (κ3) is 3.78. The summed E-state index contributed by atoms with van der Waals surface area (Å²) < 4.78 is 0. The van der Waals surface area contributed by atoms with E-state index >= 15 is 0 Å². The van der Waals surface area contributed by atoms with Crippen LogP contribution in [0.25, 0.3) is 0 Å². The highest BCUT2D eigenvalue weighted by Crippen LogP contribution is 2.26. The van der Waals surface area contributed by atoms with Gasteiger partial charge in [-0.3, -0.25) is 4.79 Å². The van der Waals surface area contributed by atoms with Crippen molar-refractivity contribution in [1.29, 1.82) is 0 Å². The summed E-state index contributed by atoms with van der Waals surface area (Å²) in [7, 11) is 0. The van der Waals surface area contributed by atoms with E-state index in [1.165, 1.54) is 19.3 Å². The number of rotatable bonds is 5. The largest absolute Gasteiger partial charge is 0.352 e. The second kappa shape index (κ2) is 6.89. The second-order valence-corrected chi connectivity index (χ2v) is 4.96. The molecule has 0 aliphatic heterocycles. The monoisotopic (exact) mass is 226 g/mol. The fraction of sp³-hybridized carbons (Fsp3) is 0.923. The van der Waals surface area contributed by atoms with Crippen LogP contribution in [0.15, 0.2) is 0 Å². The van der Waals surface area contributed by atoms with E-state index in [1.807, 2.05) is 0 Å². The lowest BCUT2D eigenvalue weighted by Crippen LogP contribution is -2.48. The molecule has 0 saturated heterocycles. The van der Waals surface area contributed by atoms with Crippen molar-refractivity contribution in [3.05, 3.63) is 0 Å². The lowest BCUT2D eigenvalue weighted by Gasteiger charge is -2.32. The van der Waals surface area contributed by atoms with E-state index in [1.54, 1.807) is 0 Å². The van der Waals surface area contributed by atoms with Crippen LogP contribution < -0.4 is 11.1 Å². The number of hydrogen-bond donors (Lipinski definition) is 2. The van der Waals surface area contributed by atoms with Crippen molar-refractivity contribution in [2.24, 2.45) is 11.7 Å². The van der Waals surface area contributed by atoms with E-state index in [9.17, 15) is 4.79 Å². The smallest absolute Gasteiger partial charge is 0.237 e. The van der Waals surface area contributed by atoms with Crippen LogP contribution in [0.1, 0.15) is 58.8 Å². The quantitative estimate of drug-likeness (QED) is 0.755. The number of nitrogens with one attached hydrogen (secondary N) is 1. The maximum atomic E-state index is 11.8. The molecule has 1 amide bonds. The average molecular weight is 226 g/mol. The molecular formula is C13H26N2O. The zero-order valence-electron chi connectivity index (χ0n) is 10.7. The third-order valence-electron chi connectivity index (χ3n) is 3.70. The van der Waals surface area contributed by atoms with Crippen LogP contribution in [-0.2, 0) is 4.79 Å². The molecular weight excluding hydrogens is 200 g/mol. The Morgan fingerprint density at radius 2 is 2.06 bits per heavy atom. The Morgan fingerprint density at radius 3 is 2.69 bits per heavy atom. The van der Waals surface area contributed by atoms with Crippen LogP contribution >= 0.6 is 0 Å². The minimum atomic E-state index is -0.315. The second-order valence-electron chi connectivity index (χ2n) is 4.96. The molecule has 1 rings (SSSR count). The van der Waals surface area contributed by atoms with E-state index in [4.69, 9.17) is 5.73 Å². The van der Waals surface area contributed by atoms with Gasteiger partial charge in [-0.05, 0) is 25.2 Å². The van der Waals surface area contributed by atoms with Gasteiger partial charge in [-0.2, -0.15) is 0 Å². The van der Waals surface area contributed by atoms with Gasteiger partial charge in [-0.1, -0.05) is 39.5 Å². The third-order valence-corrected chi connectivity index (χ3v) is 3.70. The van der Waals surface area contributed by atoms with E-state index in [2.05, 4.69) is 19.2 Å². The molecule has 3 N–H and O–H groups in total. The van der Waals surface area contributed by atoms with Gasteiger partial charge < -0.3 is 11.1 Å². The number of nitrogens with two attached hydrogens (primary N) is 1. The molecule has 2 unspecified atom stereocenters. The molecule has 3 heteroatoms. The highest BCUT2D eigenvalue weighted by atomic mass is 16.2. The zero-order valence-corrected chi connectivity index (χ0v) is 10.7. The molecule has 0 aromatic heterocycles. The molecule has 0 aromatic carbocycles. The Hall–Kier alpha value is -0.570. The summed E-state index contributed by atoms with van der Waals surface area (Å²) in [6, 6.07) is 0.0542. The lowest BCUT2D eigenvalue weighted by atomic mass is 9.83. The molecule has 3 atom stereocenters. The molecule has 1 saturated carbocycles. The van der Waals surface area contributed by atoms with Gasteiger partial charge in [0.2, 0.25) is 5.91 Å². The molecule has 1 fully saturated rings. The van der Waals surface area contributed by atoms with Crippen molar-refractivity contribution in [3.63, 3.8) is 0 Å². The van der Waals surface area contributed by atoms with Gasteiger partial charge in [0, 0.05) is 6.04 Å². The molecule has 0 aromatic rings. The van der Waals surface area contributed by atoms with Crippen molar-refractivity contribution in [1.82, 2.24) is 5.32 Å². The maximum absolute atomic E-state index is 11.8. The maximum Gasteiger partial charge on any atom is 0.237 e. The Kier molecular flexibility index (Phi) is 5.81. The highest BCUT2D eigenvalue weighted by molar-refractivity contribution is 5.81. The van der Waals surface area contributed by atoms with Gasteiger partial charge in [0.1, 0.15) is 0 Å². The van der Waals surface area contributed by atoms with E-state index in [0.717, 1.165) is 25.7 Å². The molecule has 94 valence electrons. The molecule has 16 heavy (non-hydrogen) atoms. The average Bonchev–Trinajstić information content (AvgIpc) is 2.30. The fourth-order valence-electron chi connectivity index (χ4n) is 2.62. The molecule has 1 aliphatic rings. The Balaban J connectivity index is 2.41. The molecule has 1 aliphatic carbocycles. The van der Waals surface area contributed by atoms with Gasteiger partial charge in [0.15, 0.2) is 0 Å². The summed E-state index contributed by atoms with van der Waals surface area (Å²) in [4.78, 5) is 11.8. The van der Waals surface area contributed by atoms with Crippen LogP contribution in [0.2, 0.25) is 0 Å². The van der Waals surface area contributed by atoms with E-state index < -0.39 is 0 Å². The van der Waals surface area contributed by atoms with Crippen molar-refractivity contribution in [2.45, 2.75) is 70.9 Å². The topological polar surface area (TPSA) is 55.1 Å². The minimum Gasteiger partial charge on any atom is -0.352 e. The first-order valence-corrected chi connectivity index (χ1v) is 6.75. The molecule has 0 heterocycles. The van der Waals surface area contributed by atoms with Crippen LogP contribution in [0.3, 0.4) is 0 Å². The fourth-order valence-corrected chi connectivity index (χ4v) is 2.62. The summed E-state index contributed by atoms with van der Waals surface area (Å²) in [5.41, 5.74) is 5.82. The van der Waals surface area contributed by atoms with Crippen LogP contribution in [0.5, 0.6) is 0 Å². The summed E-state index contributed by atoms with van der Waals surface area (Å²) in [5.74, 6) is 0.707. The van der Waals surface area contributed by atoms with Crippen LogP contribution in [-0.4, -0.2) is 18.0 Å². The van der Waals surface area contributed by atoms with Crippen LogP contribution in [0, 0.1) is 5.92 Å². The first-order valence-electron chi connectivity index (χ1n) is 6.75. The Bertz CT molecular complexity index is 218. The zero-order chi connectivity index (χ0) is 12.0. The number of carbonyl (C=O) groups excluding carboxylic acids is 1. The Morgan fingerprint density at radius 1 is 1.38 bits per heavy atom. The molecule has 3 nitrogen and oxygen atoms in total. The summed E-state index contributed by atoms with van der Waals surface area (Å²) in [5, 5.41) is 3.14. The summed E-state index contributed by atoms with van der Waals surface area (Å²) >= 11 is 0. The first kappa shape index (κ1) is 13.5. The predicted octanol–water partition coefficient (Wildman–Crippen LogP) is 2.20. The van der Waals surface area contributed by atoms with Crippen molar-refractivity contribution in [3.8, 4) is 0 Å². The Labute approximate surface area is 99.2 Å². The van der Waals surface area contributed by atoms with Crippen molar-refractivity contribution >= 4 is 5.91 Å². The normalized spacial score (nSPS) is 27.4. The van der Waals surface area contributed by atoms with Crippen molar-refractivity contribution in [2.75, 3.05) is 0 Å². The molecule has 0 spiro atoms. The first-order chi connectivity index (χ1) is 7.69. The lowest BCUT2D eigenvalue weighted by molar-refractivity contribution is -0.123. The van der Waals surface area contributed by atoms with Gasteiger partial charge in [0.25, 0.3) is 0 Å². The SMILES string of the molecule is CCC[C@H](N)C(=O)NC1CCCCC1CC. The predicted molar refractivity (Wildman–Crippen MR) is 67.1 cm³/mol. The van der Waals surface area contributed by atoms with Gasteiger partial charge in [0.05, 0.1) is 6.04 Å². The highest BCUT2D eigenvalue weighted by Gasteiger charge is 2.26. The van der Waals surface area contributed by atoms with Gasteiger partial charge in [-0.25, -0.2) is 0 Å². The van der Waals surface area contributed by atoms with Crippen LogP contribution in [0.4, 0.5) is 0 Å². The molecule has 0 radical (unpaired) electrons.